The molecule has 21 heteroatoms. The van der Waals surface area contributed by atoms with Gasteiger partial charge in [0.1, 0.15) is 36.4 Å². The van der Waals surface area contributed by atoms with Crippen LogP contribution >= 0.6 is 0 Å². The summed E-state index contributed by atoms with van der Waals surface area (Å²) in [5.74, 6) is -8.75. The molecule has 0 radical (unpaired) electrons. The Hall–Kier alpha value is -7.03. The molecule has 1 saturated heterocycles. The topological polar surface area (TPSA) is 269 Å². The van der Waals surface area contributed by atoms with Gasteiger partial charge in [-0.2, -0.15) is 0 Å². The number of primary amides is 1. The normalized spacial score (nSPS) is 14.6. The predicted molar refractivity (Wildman–Crippen MR) is 236 cm³/mol. The van der Waals surface area contributed by atoms with Crippen LogP contribution in [0.15, 0.2) is 60.8 Å². The van der Waals surface area contributed by atoms with E-state index < -0.39 is 107 Å². The molecule has 0 bridgehead atoms. The van der Waals surface area contributed by atoms with Crippen molar-refractivity contribution in [2.45, 2.75) is 110 Å². The van der Waals surface area contributed by atoms with Crippen molar-refractivity contribution in [3.05, 3.63) is 83.7 Å². The number of imide groups is 1. The first-order valence-electron chi connectivity index (χ1n) is 22.1. The molecule has 1 fully saturated rings. The maximum absolute atomic E-state index is 15.1. The Morgan fingerprint density at radius 3 is 2.18 bits per heavy atom. The second-order valence-electron chi connectivity index (χ2n) is 17.1. The van der Waals surface area contributed by atoms with Gasteiger partial charge in [-0.05, 0) is 61.9 Å². The molecule has 7 N–H and O–H groups in total. The summed E-state index contributed by atoms with van der Waals surface area (Å²) in [6, 6.07) is 9.08. The number of hydrogen-bond acceptors (Lipinski definition) is 11. The molecule has 4 rings (SSSR count). The Kier molecular flexibility index (Phi) is 18.2. The maximum atomic E-state index is 15.1. The number of hydrogen-bond donors (Lipinski definition) is 6. The number of carbonyl (C=O) groups is 9. The number of benzene rings is 2. The average Bonchev–Trinajstić information content (AvgIpc) is 3.83. The van der Waals surface area contributed by atoms with Crippen LogP contribution in [0.25, 0.3) is 11.1 Å². The molecule has 1 aliphatic heterocycles. The Morgan fingerprint density at radius 1 is 0.896 bits per heavy atom. The van der Waals surface area contributed by atoms with Crippen LogP contribution in [0.4, 0.5) is 8.78 Å². The van der Waals surface area contributed by atoms with Crippen LogP contribution in [-0.2, 0) is 54.5 Å². The molecule has 0 saturated carbocycles. The number of aromatic nitrogens is 1. The van der Waals surface area contributed by atoms with Crippen LogP contribution in [0.2, 0.25) is 1.41 Å². The summed E-state index contributed by atoms with van der Waals surface area (Å²) in [6.07, 6.45) is 0.0563. The number of nitrogens with two attached hydrogens (primary N) is 1. The highest BCUT2D eigenvalue weighted by atomic mass is 19.1. The molecule has 19 nitrogen and oxygen atoms in total. The van der Waals surface area contributed by atoms with E-state index in [9.17, 15) is 52.6 Å². The average molecular weight is 938 g/mol. The van der Waals surface area contributed by atoms with E-state index in [1.54, 1.807) is 12.3 Å². The molecule has 67 heavy (non-hydrogen) atoms. The minimum absolute atomic E-state index is 0.00896. The summed E-state index contributed by atoms with van der Waals surface area (Å²) in [5.41, 5.74) is 6.48. The quantitative estimate of drug-likeness (QED) is 0.0592. The van der Waals surface area contributed by atoms with E-state index in [2.05, 4.69) is 16.0 Å². The van der Waals surface area contributed by atoms with E-state index >= 15 is 4.39 Å². The van der Waals surface area contributed by atoms with Gasteiger partial charge >= 0.3 is 5.97 Å². The molecule has 8 amide bonds. The van der Waals surface area contributed by atoms with Gasteiger partial charge < -0.3 is 46.4 Å². The number of aliphatic hydroxyl groups excluding tert-OH is 1. The number of carbonyl (C=O) groups excluding carboxylic acids is 9. The predicted octanol–water partition coefficient (Wildman–Crippen LogP) is 2.04. The van der Waals surface area contributed by atoms with Crippen molar-refractivity contribution in [2.75, 3.05) is 19.7 Å². The van der Waals surface area contributed by atoms with E-state index in [1.165, 1.54) is 18.7 Å². The van der Waals surface area contributed by atoms with Gasteiger partial charge in [-0.15, -0.1) is 5.06 Å². The monoisotopic (exact) mass is 937 g/mol. The van der Waals surface area contributed by atoms with Gasteiger partial charge in [0, 0.05) is 68.3 Å². The second kappa shape index (κ2) is 23.9. The molecule has 0 unspecified atom stereocenters. The fraction of sp³-hybridized carbons (Fsp3) is 0.457. The summed E-state index contributed by atoms with van der Waals surface area (Å²) >= 11 is 0. The Bertz CT molecular complexity index is 2340. The third-order valence-corrected chi connectivity index (χ3v) is 10.6. The van der Waals surface area contributed by atoms with Crippen LogP contribution in [-0.4, -0.2) is 111 Å². The number of amides is 8. The minimum Gasteiger partial charge on any atom is -0.387 e. The molecule has 1 aromatic heterocycles. The number of halogens is 2. The molecule has 0 spiro atoms. The van der Waals surface area contributed by atoms with Gasteiger partial charge in [-0.25, -0.2) is 13.6 Å². The van der Waals surface area contributed by atoms with Crippen LogP contribution in [0, 0.1) is 17.0 Å². The van der Waals surface area contributed by atoms with E-state index in [1.807, 2.05) is 55.7 Å². The van der Waals surface area contributed by atoms with Crippen molar-refractivity contribution < 1.29 is 63.3 Å². The van der Waals surface area contributed by atoms with Crippen molar-refractivity contribution in [3.63, 3.8) is 0 Å². The molecule has 4 atom stereocenters. The third-order valence-electron chi connectivity index (χ3n) is 10.6. The van der Waals surface area contributed by atoms with E-state index in [-0.39, 0.29) is 57.2 Å². The van der Waals surface area contributed by atoms with Crippen molar-refractivity contribution in [3.8, 4) is 11.1 Å². The van der Waals surface area contributed by atoms with Gasteiger partial charge in [-0.1, -0.05) is 51.1 Å². The Morgan fingerprint density at radius 2 is 1.55 bits per heavy atom. The lowest BCUT2D eigenvalue weighted by molar-refractivity contribution is -0.197. The summed E-state index contributed by atoms with van der Waals surface area (Å²) in [6.45, 7) is 7.39. The standard InChI is InChI=1S/C46H58F2N8O11/c1-27(51-37(59)13-9-14-41(63)67-56-38(60)17-18-39(56)61)43(64)52-28(2)44(65)53-34(23-36(49)58)45(66)50-19-10-20-55(40(62)26-57)42(46(3,4)5)35-21-30(32-22-31(47)15-16-33(32)48)25-54(35)24-29-11-7-6-8-12-29/h6-8,11-12,15-16,21-22,25,27-28,34,42,57H,9-10,13-14,17-20,23-24,26H2,1-5H3,(H2,49,58)(H,50,66)(H,51,59)(H,52,64)(H,53,65)/t27-,28-,34-,42-/m0/s1/i/hD. The van der Waals surface area contributed by atoms with Gasteiger partial charge in [0.2, 0.25) is 35.4 Å². The molecular weight excluding hydrogens is 879 g/mol. The zero-order chi connectivity index (χ0) is 50.5. The van der Waals surface area contributed by atoms with E-state index in [4.69, 9.17) is 12.0 Å². The third kappa shape index (κ3) is 15.3. The molecule has 3 aromatic rings. The zero-order valence-electron chi connectivity index (χ0n) is 39.0. The minimum atomic E-state index is -1.51. The van der Waals surface area contributed by atoms with E-state index in [0.29, 0.717) is 28.2 Å². The maximum Gasteiger partial charge on any atom is 0.333 e. The molecule has 2 aromatic carbocycles. The summed E-state index contributed by atoms with van der Waals surface area (Å²) in [5, 5.41) is 18.2. The van der Waals surface area contributed by atoms with Crippen molar-refractivity contribution >= 4 is 53.2 Å². The Labute approximate surface area is 387 Å². The fourth-order valence-corrected chi connectivity index (χ4v) is 7.32. The van der Waals surface area contributed by atoms with Crippen LogP contribution in [0.1, 0.15) is 96.9 Å². The van der Waals surface area contributed by atoms with Crippen molar-refractivity contribution in [2.24, 2.45) is 11.1 Å². The SMILES string of the molecule is [2H]N(C(=O)CCCC(=O)ON1C(=O)CCC1=O)[C@@H](C)C(=O)N[C@@H](C)C(=O)N[C@@H](CC(N)=O)C(=O)NCCCN(C(=O)CO)[C@@H](c1cc(-c2cc(F)ccc2F)cn1Cc1ccccc1)C(C)(C)C. The summed E-state index contributed by atoms with van der Waals surface area (Å²) < 4.78 is 39.5. The van der Waals surface area contributed by atoms with Gasteiger partial charge in [0.05, 0.1) is 12.5 Å². The van der Waals surface area contributed by atoms with Crippen molar-refractivity contribution in [1.82, 2.24) is 35.8 Å². The van der Waals surface area contributed by atoms with E-state index in [0.717, 1.165) is 23.8 Å². The lowest BCUT2D eigenvalue weighted by Gasteiger charge is -2.41. The largest absolute Gasteiger partial charge is 0.387 e. The van der Waals surface area contributed by atoms with Crippen LogP contribution < -0.4 is 27.0 Å². The lowest BCUT2D eigenvalue weighted by atomic mass is 9.83. The molecular formula is C46H58F2N8O11. The molecule has 0 aliphatic carbocycles. The highest BCUT2D eigenvalue weighted by Crippen LogP contribution is 2.41. The first-order valence-corrected chi connectivity index (χ1v) is 21.7. The van der Waals surface area contributed by atoms with Gasteiger partial charge in [-0.3, -0.25) is 38.4 Å². The summed E-state index contributed by atoms with van der Waals surface area (Å²) in [7, 11) is 0. The first kappa shape index (κ1) is 51.0. The highest BCUT2D eigenvalue weighted by Gasteiger charge is 2.37. The number of rotatable bonds is 23. The summed E-state index contributed by atoms with van der Waals surface area (Å²) in [4.78, 5) is 119. The lowest BCUT2D eigenvalue weighted by Crippen LogP contribution is -2.56. The first-order chi connectivity index (χ1) is 32.0. The van der Waals surface area contributed by atoms with Crippen molar-refractivity contribution in [1.29, 1.82) is 0 Å². The number of hydroxylamine groups is 2. The van der Waals surface area contributed by atoms with Crippen LogP contribution in [0.3, 0.4) is 0 Å². The Balaban J connectivity index is 1.38. The number of nitrogens with one attached hydrogen (secondary N) is 4. The fourth-order valence-electron chi connectivity index (χ4n) is 7.32. The molecule has 2 heterocycles. The number of aliphatic hydroxyl groups is 1. The van der Waals surface area contributed by atoms with Crippen LogP contribution in [0.5, 0.6) is 0 Å². The zero-order valence-corrected chi connectivity index (χ0v) is 38.0. The molecule has 1 aliphatic rings. The van der Waals surface area contributed by atoms with Gasteiger partial charge in [0.25, 0.3) is 11.8 Å². The number of nitrogens with zero attached hydrogens (tertiary/aromatic N) is 3. The second-order valence-corrected chi connectivity index (χ2v) is 17.1. The van der Waals surface area contributed by atoms with Gasteiger partial charge in [0.15, 0.2) is 1.41 Å². The highest BCUT2D eigenvalue weighted by molar-refractivity contribution is 6.01. The smallest absolute Gasteiger partial charge is 0.333 e. The molecule has 362 valence electrons.